The highest BCUT2D eigenvalue weighted by Gasteiger charge is 2.16. The van der Waals surface area contributed by atoms with Crippen LogP contribution in [0.5, 0.6) is 0 Å². The van der Waals surface area contributed by atoms with E-state index < -0.39 is 0 Å². The van der Waals surface area contributed by atoms with E-state index in [-0.39, 0.29) is 0 Å². The Hall–Kier alpha value is -0.810. The Kier molecular flexibility index (Phi) is 3.98. The Morgan fingerprint density at radius 1 is 1.23 bits per heavy atom. The molecule has 0 radical (unpaired) electrons. The molecule has 0 spiro atoms. The van der Waals surface area contributed by atoms with Crippen molar-refractivity contribution < 1.29 is 0 Å². The van der Waals surface area contributed by atoms with Crippen LogP contribution in [-0.2, 0) is 0 Å². The third-order valence-electron chi connectivity index (χ3n) is 1.95. The Morgan fingerprint density at radius 3 is 2.38 bits per heavy atom. The summed E-state index contributed by atoms with van der Waals surface area (Å²) in [7, 11) is 4.16. The minimum absolute atomic E-state index is 0.554. The largest absolute Gasteiger partial charge is 0.280 e. The zero-order chi connectivity index (χ0) is 9.68. The molecule has 0 unspecified atom stereocenters. The molecule has 13 heavy (non-hydrogen) atoms. The molecule has 0 aliphatic carbocycles. The van der Waals surface area contributed by atoms with Crippen LogP contribution in [0, 0.1) is 0 Å². The van der Waals surface area contributed by atoms with Crippen molar-refractivity contribution in [1.82, 2.24) is 14.7 Å². The maximum Gasteiger partial charge on any atom is 0.0526 e. The van der Waals surface area contributed by atoms with Gasteiger partial charge in [0.2, 0.25) is 0 Å². The van der Waals surface area contributed by atoms with Crippen LogP contribution in [0.3, 0.4) is 0 Å². The van der Waals surface area contributed by atoms with Crippen LogP contribution in [0.2, 0.25) is 0 Å². The average molecular weight is 184 g/mol. The molecule has 1 aliphatic rings. The van der Waals surface area contributed by atoms with Gasteiger partial charge in [-0.1, -0.05) is 5.11 Å². The molecule has 74 valence electrons. The van der Waals surface area contributed by atoms with Crippen molar-refractivity contribution in [2.75, 3.05) is 47.2 Å². The molecule has 1 aliphatic heterocycles. The Bertz CT molecular complexity index is 189. The smallest absolute Gasteiger partial charge is 0.0526 e. The number of rotatable bonds is 3. The fourth-order valence-electron chi connectivity index (χ4n) is 1.60. The highest BCUT2D eigenvalue weighted by atomic mass is 15.5. The zero-order valence-corrected chi connectivity index (χ0v) is 8.22. The third-order valence-corrected chi connectivity index (χ3v) is 1.95. The van der Waals surface area contributed by atoms with E-state index in [1.165, 1.54) is 0 Å². The van der Waals surface area contributed by atoms with E-state index in [0.717, 1.165) is 26.6 Å². The number of hydrogen-bond donors (Lipinski definition) is 0. The van der Waals surface area contributed by atoms with Gasteiger partial charge >= 0.3 is 0 Å². The van der Waals surface area contributed by atoms with Gasteiger partial charge in [-0.05, 0) is 19.6 Å². The van der Waals surface area contributed by atoms with Crippen LogP contribution in [0.4, 0.5) is 0 Å². The summed E-state index contributed by atoms with van der Waals surface area (Å²) < 4.78 is 0. The first-order valence-electron chi connectivity index (χ1n) is 4.32. The Labute approximate surface area is 78.3 Å². The minimum Gasteiger partial charge on any atom is -0.280 e. The molecule has 0 amide bonds. The van der Waals surface area contributed by atoms with Crippen LogP contribution in [0.1, 0.15) is 0 Å². The fraction of sp³-hybridized carbons (Fsp3) is 1.00. The number of azide groups is 1. The summed E-state index contributed by atoms with van der Waals surface area (Å²) >= 11 is 0. The maximum atomic E-state index is 8.12. The second-order valence-corrected chi connectivity index (χ2v) is 3.49. The Balaban J connectivity index is 2.28. The van der Waals surface area contributed by atoms with Crippen molar-refractivity contribution in [2.45, 2.75) is 0 Å². The van der Waals surface area contributed by atoms with Crippen LogP contribution in [-0.4, -0.2) is 61.9 Å². The first-order valence-corrected chi connectivity index (χ1v) is 4.32. The predicted molar refractivity (Wildman–Crippen MR) is 50.8 cm³/mol. The van der Waals surface area contributed by atoms with Gasteiger partial charge < -0.3 is 0 Å². The minimum atomic E-state index is 0.554. The van der Waals surface area contributed by atoms with Crippen LogP contribution < -0.4 is 0 Å². The van der Waals surface area contributed by atoms with Gasteiger partial charge in [-0.3, -0.25) is 14.7 Å². The van der Waals surface area contributed by atoms with Crippen molar-refractivity contribution in [3.63, 3.8) is 0 Å². The van der Waals surface area contributed by atoms with Gasteiger partial charge in [0.05, 0.1) is 20.0 Å². The summed E-state index contributed by atoms with van der Waals surface area (Å²) in [5, 5.41) is 3.52. The van der Waals surface area contributed by atoms with Gasteiger partial charge in [0.25, 0.3) is 0 Å². The molecule has 0 aromatic rings. The maximum absolute atomic E-state index is 8.12. The van der Waals surface area contributed by atoms with Crippen molar-refractivity contribution in [3.05, 3.63) is 10.4 Å². The quantitative estimate of drug-likeness (QED) is 0.361. The van der Waals surface area contributed by atoms with E-state index in [0.29, 0.717) is 6.54 Å². The van der Waals surface area contributed by atoms with Crippen molar-refractivity contribution in [1.29, 1.82) is 0 Å². The first kappa shape index (κ1) is 10.3. The summed E-state index contributed by atoms with van der Waals surface area (Å²) in [4.78, 5) is 9.42. The SMILES string of the molecule is CN1CN(C)CN(CCN=[N+]=[N-])C1. The van der Waals surface area contributed by atoms with E-state index >= 15 is 0 Å². The molecule has 0 aromatic heterocycles. The van der Waals surface area contributed by atoms with E-state index in [4.69, 9.17) is 5.53 Å². The molecule has 1 heterocycles. The molecule has 0 aromatic carbocycles. The second kappa shape index (κ2) is 5.04. The van der Waals surface area contributed by atoms with E-state index in [9.17, 15) is 0 Å². The van der Waals surface area contributed by atoms with Gasteiger partial charge in [0.15, 0.2) is 0 Å². The van der Waals surface area contributed by atoms with Gasteiger partial charge in [-0.15, -0.1) is 0 Å². The lowest BCUT2D eigenvalue weighted by Gasteiger charge is -2.38. The normalized spacial score (nSPS) is 21.4. The molecule has 6 nitrogen and oxygen atoms in total. The molecule has 0 saturated carbocycles. The van der Waals surface area contributed by atoms with E-state index in [2.05, 4.69) is 38.8 Å². The molecule has 1 saturated heterocycles. The van der Waals surface area contributed by atoms with Gasteiger partial charge in [0.1, 0.15) is 0 Å². The summed E-state index contributed by atoms with van der Waals surface area (Å²) in [5.41, 5.74) is 8.12. The molecular formula is C7H16N6. The first-order chi connectivity index (χ1) is 6.22. The fourth-order valence-corrected chi connectivity index (χ4v) is 1.60. The third kappa shape index (κ3) is 3.61. The van der Waals surface area contributed by atoms with Crippen LogP contribution >= 0.6 is 0 Å². The molecule has 0 atom stereocenters. The van der Waals surface area contributed by atoms with Crippen LogP contribution in [0.15, 0.2) is 5.11 Å². The molecule has 0 bridgehead atoms. The molecular weight excluding hydrogens is 168 g/mol. The average Bonchev–Trinajstić information content (AvgIpc) is 2.03. The summed E-state index contributed by atoms with van der Waals surface area (Å²) in [6, 6.07) is 0. The molecule has 1 rings (SSSR count). The predicted octanol–water partition coefficient (Wildman–Crippen LogP) is 0.348. The van der Waals surface area contributed by atoms with Crippen LogP contribution in [0.25, 0.3) is 10.4 Å². The van der Waals surface area contributed by atoms with Crippen molar-refractivity contribution in [2.24, 2.45) is 5.11 Å². The van der Waals surface area contributed by atoms with E-state index in [1.54, 1.807) is 0 Å². The second-order valence-electron chi connectivity index (χ2n) is 3.49. The summed E-state index contributed by atoms with van der Waals surface area (Å²) in [5.74, 6) is 0. The standard InChI is InChI=1S/C7H16N6/c1-11-5-12(2)7-13(6-11)4-3-9-10-8/h3-7H2,1-2H3. The lowest BCUT2D eigenvalue weighted by molar-refractivity contribution is 0.000802. The van der Waals surface area contributed by atoms with Gasteiger partial charge in [0, 0.05) is 18.0 Å². The highest BCUT2D eigenvalue weighted by Crippen LogP contribution is 2.02. The number of nitrogens with zero attached hydrogens (tertiary/aromatic N) is 6. The molecule has 1 fully saturated rings. The van der Waals surface area contributed by atoms with Crippen molar-refractivity contribution in [3.8, 4) is 0 Å². The van der Waals surface area contributed by atoms with Crippen molar-refractivity contribution >= 4 is 0 Å². The zero-order valence-electron chi connectivity index (χ0n) is 8.22. The topological polar surface area (TPSA) is 58.5 Å². The van der Waals surface area contributed by atoms with Gasteiger partial charge in [-0.2, -0.15) is 0 Å². The summed E-state index contributed by atoms with van der Waals surface area (Å²) in [6.07, 6.45) is 0. The van der Waals surface area contributed by atoms with E-state index in [1.807, 2.05) is 0 Å². The highest BCUT2D eigenvalue weighted by molar-refractivity contribution is 4.65. The lowest BCUT2D eigenvalue weighted by atomic mass is 10.5. The number of hydrogen-bond acceptors (Lipinski definition) is 4. The van der Waals surface area contributed by atoms with Gasteiger partial charge in [-0.25, -0.2) is 0 Å². The molecule has 0 N–H and O–H groups in total. The Morgan fingerprint density at radius 2 is 1.85 bits per heavy atom. The monoisotopic (exact) mass is 184 g/mol. The summed E-state index contributed by atoms with van der Waals surface area (Å²) in [6.45, 7) is 4.28. The molecule has 6 heteroatoms. The lowest BCUT2D eigenvalue weighted by Crippen LogP contribution is -2.52.